The number of aryl methyl sites for hydroxylation is 1. The van der Waals surface area contributed by atoms with Gasteiger partial charge in [0, 0.05) is 0 Å². The predicted molar refractivity (Wildman–Crippen MR) is 75.1 cm³/mol. The number of sulfonamides is 1. The molecule has 0 aliphatic rings. The lowest BCUT2D eigenvalue weighted by Gasteiger charge is -2.25. The van der Waals surface area contributed by atoms with Crippen LogP contribution in [0.4, 0.5) is 5.69 Å². The van der Waals surface area contributed by atoms with Crippen LogP contribution in [0.1, 0.15) is 18.1 Å². The van der Waals surface area contributed by atoms with E-state index < -0.39 is 15.9 Å². The normalized spacial score (nSPS) is 11.2. The van der Waals surface area contributed by atoms with E-state index in [1.807, 2.05) is 25.3 Å². The monoisotopic (exact) mass is 285 g/mol. The van der Waals surface area contributed by atoms with Crippen molar-refractivity contribution >= 4 is 21.6 Å². The molecule has 0 atom stereocenters. The number of nitrogens with zero attached hydrogens (tertiary/aromatic N) is 1. The number of hydrazine groups is 1. The number of amides is 1. The molecule has 0 heterocycles. The van der Waals surface area contributed by atoms with E-state index in [1.165, 1.54) is 6.92 Å². The van der Waals surface area contributed by atoms with Gasteiger partial charge in [-0.25, -0.2) is 14.3 Å². The molecule has 7 heteroatoms. The van der Waals surface area contributed by atoms with E-state index in [-0.39, 0.29) is 12.3 Å². The van der Waals surface area contributed by atoms with Crippen LogP contribution in [0.5, 0.6) is 0 Å². The number of nitrogens with two attached hydrogens (primary N) is 1. The number of carbonyl (C=O) groups excluding carboxylic acids is 1. The van der Waals surface area contributed by atoms with E-state index >= 15 is 0 Å². The molecule has 0 aliphatic heterocycles. The van der Waals surface area contributed by atoms with Gasteiger partial charge in [-0.05, 0) is 38.0 Å². The van der Waals surface area contributed by atoms with Crippen LogP contribution in [0.25, 0.3) is 0 Å². The molecule has 0 bridgehead atoms. The number of anilines is 1. The summed E-state index contributed by atoms with van der Waals surface area (Å²) >= 11 is 0. The van der Waals surface area contributed by atoms with Crippen LogP contribution in [-0.4, -0.2) is 26.6 Å². The maximum atomic E-state index is 12.1. The largest absolute Gasteiger partial charge is 0.293 e. The van der Waals surface area contributed by atoms with Gasteiger partial charge in [0.05, 0.1) is 11.4 Å². The zero-order chi connectivity index (χ0) is 14.6. The fourth-order valence-electron chi connectivity index (χ4n) is 1.67. The summed E-state index contributed by atoms with van der Waals surface area (Å²) in [5.74, 6) is 4.39. The second-order valence-electron chi connectivity index (χ2n) is 4.19. The van der Waals surface area contributed by atoms with Crippen LogP contribution >= 0.6 is 0 Å². The van der Waals surface area contributed by atoms with E-state index in [0.717, 1.165) is 15.4 Å². The maximum absolute atomic E-state index is 12.1. The Morgan fingerprint density at radius 1 is 1.37 bits per heavy atom. The Balaban J connectivity index is 3.31. The first kappa shape index (κ1) is 15.5. The molecule has 19 heavy (non-hydrogen) atoms. The third-order valence-corrected chi connectivity index (χ3v) is 4.72. The minimum absolute atomic E-state index is 0.0851. The topological polar surface area (TPSA) is 92.5 Å². The molecule has 6 nitrogen and oxygen atoms in total. The summed E-state index contributed by atoms with van der Waals surface area (Å²) in [7, 11) is -3.54. The van der Waals surface area contributed by atoms with Crippen molar-refractivity contribution in [1.29, 1.82) is 0 Å². The summed E-state index contributed by atoms with van der Waals surface area (Å²) < 4.78 is 25.3. The Morgan fingerprint density at radius 2 is 2.00 bits per heavy atom. The average molecular weight is 285 g/mol. The zero-order valence-corrected chi connectivity index (χ0v) is 12.1. The van der Waals surface area contributed by atoms with E-state index in [1.54, 1.807) is 12.1 Å². The molecule has 0 saturated carbocycles. The number of nitrogens with one attached hydrogen (secondary N) is 1. The highest BCUT2D eigenvalue weighted by molar-refractivity contribution is 7.92. The number of benzene rings is 1. The van der Waals surface area contributed by atoms with Crippen molar-refractivity contribution in [2.75, 3.05) is 16.6 Å². The summed E-state index contributed by atoms with van der Waals surface area (Å²) in [5, 5.41) is 0. The Labute approximate surface area is 113 Å². The SMILES string of the molecule is CCS(=O)(=O)N(CC(=O)NN)c1cccc(C)c1C. The molecule has 0 aliphatic carbocycles. The summed E-state index contributed by atoms with van der Waals surface area (Å²) in [6, 6.07) is 5.33. The van der Waals surface area contributed by atoms with Crippen LogP contribution in [-0.2, 0) is 14.8 Å². The van der Waals surface area contributed by atoms with Gasteiger partial charge in [-0.15, -0.1) is 0 Å². The van der Waals surface area contributed by atoms with Crippen molar-refractivity contribution in [3.05, 3.63) is 29.3 Å². The Morgan fingerprint density at radius 3 is 2.53 bits per heavy atom. The van der Waals surface area contributed by atoms with E-state index in [9.17, 15) is 13.2 Å². The Kier molecular flexibility index (Phi) is 4.90. The van der Waals surface area contributed by atoms with Gasteiger partial charge in [0.15, 0.2) is 0 Å². The highest BCUT2D eigenvalue weighted by Crippen LogP contribution is 2.25. The molecule has 0 saturated heterocycles. The van der Waals surface area contributed by atoms with E-state index in [2.05, 4.69) is 0 Å². The van der Waals surface area contributed by atoms with Gasteiger partial charge < -0.3 is 0 Å². The third kappa shape index (κ3) is 3.45. The molecular formula is C12H19N3O3S. The average Bonchev–Trinajstić information content (AvgIpc) is 2.39. The lowest BCUT2D eigenvalue weighted by atomic mass is 10.1. The van der Waals surface area contributed by atoms with Gasteiger partial charge in [-0.1, -0.05) is 12.1 Å². The molecule has 1 aromatic rings. The first-order valence-electron chi connectivity index (χ1n) is 5.89. The standard InChI is InChI=1S/C12H19N3O3S/c1-4-19(17,18)15(8-12(16)14-13)11-7-5-6-9(2)10(11)3/h5-7H,4,8,13H2,1-3H3,(H,14,16). The molecule has 0 aromatic heterocycles. The fraction of sp³-hybridized carbons (Fsp3) is 0.417. The molecule has 106 valence electrons. The van der Waals surface area contributed by atoms with Gasteiger partial charge in [-0.2, -0.15) is 0 Å². The van der Waals surface area contributed by atoms with Crippen molar-refractivity contribution in [1.82, 2.24) is 5.43 Å². The maximum Gasteiger partial charge on any atom is 0.254 e. The smallest absolute Gasteiger partial charge is 0.254 e. The molecule has 1 rings (SSSR count). The summed E-state index contributed by atoms with van der Waals surface area (Å²) in [5.41, 5.74) is 4.24. The summed E-state index contributed by atoms with van der Waals surface area (Å²) in [6.07, 6.45) is 0. The van der Waals surface area contributed by atoms with Crippen molar-refractivity contribution < 1.29 is 13.2 Å². The summed E-state index contributed by atoms with van der Waals surface area (Å²) in [6.45, 7) is 4.92. The summed E-state index contributed by atoms with van der Waals surface area (Å²) in [4.78, 5) is 11.4. The van der Waals surface area contributed by atoms with Crippen molar-refractivity contribution in [2.45, 2.75) is 20.8 Å². The highest BCUT2D eigenvalue weighted by atomic mass is 32.2. The Bertz CT molecular complexity index is 570. The van der Waals surface area contributed by atoms with Crippen LogP contribution in [0.2, 0.25) is 0 Å². The Hall–Kier alpha value is -1.60. The number of hydrogen-bond acceptors (Lipinski definition) is 4. The van der Waals surface area contributed by atoms with Crippen LogP contribution in [0.15, 0.2) is 18.2 Å². The number of carbonyl (C=O) groups is 1. The second kappa shape index (κ2) is 6.03. The van der Waals surface area contributed by atoms with Gasteiger partial charge in [0.25, 0.3) is 5.91 Å². The third-order valence-electron chi connectivity index (χ3n) is 2.99. The second-order valence-corrected chi connectivity index (χ2v) is 6.38. The predicted octanol–water partition coefficient (Wildman–Crippen LogP) is 0.449. The molecule has 0 fully saturated rings. The van der Waals surface area contributed by atoms with Crippen LogP contribution < -0.4 is 15.6 Å². The number of hydrogen-bond donors (Lipinski definition) is 2. The molecule has 0 unspecified atom stereocenters. The van der Waals surface area contributed by atoms with E-state index in [0.29, 0.717) is 5.69 Å². The quantitative estimate of drug-likeness (QED) is 0.467. The van der Waals surface area contributed by atoms with Gasteiger partial charge in [-0.3, -0.25) is 14.5 Å². The number of rotatable bonds is 5. The lowest BCUT2D eigenvalue weighted by Crippen LogP contribution is -2.44. The molecule has 3 N–H and O–H groups in total. The van der Waals surface area contributed by atoms with Crippen LogP contribution in [0.3, 0.4) is 0 Å². The van der Waals surface area contributed by atoms with Crippen molar-refractivity contribution in [3.63, 3.8) is 0 Å². The molecule has 0 radical (unpaired) electrons. The molecular weight excluding hydrogens is 266 g/mol. The first-order valence-corrected chi connectivity index (χ1v) is 7.50. The van der Waals surface area contributed by atoms with Crippen molar-refractivity contribution in [2.24, 2.45) is 5.84 Å². The molecule has 1 aromatic carbocycles. The lowest BCUT2D eigenvalue weighted by molar-refractivity contribution is -0.119. The minimum atomic E-state index is -3.54. The fourth-order valence-corrected chi connectivity index (χ4v) is 2.79. The van der Waals surface area contributed by atoms with Gasteiger partial charge >= 0.3 is 0 Å². The van der Waals surface area contributed by atoms with Crippen molar-refractivity contribution in [3.8, 4) is 0 Å². The minimum Gasteiger partial charge on any atom is -0.293 e. The molecule has 0 spiro atoms. The zero-order valence-electron chi connectivity index (χ0n) is 11.3. The molecule has 1 amide bonds. The highest BCUT2D eigenvalue weighted by Gasteiger charge is 2.24. The first-order chi connectivity index (χ1) is 8.83. The van der Waals surface area contributed by atoms with Gasteiger partial charge in [0.1, 0.15) is 6.54 Å². The van der Waals surface area contributed by atoms with Gasteiger partial charge in [0.2, 0.25) is 10.0 Å². The van der Waals surface area contributed by atoms with Crippen LogP contribution in [0, 0.1) is 13.8 Å². The van der Waals surface area contributed by atoms with E-state index in [4.69, 9.17) is 5.84 Å².